The molecule has 0 radical (unpaired) electrons. The lowest BCUT2D eigenvalue weighted by Gasteiger charge is -2.43. The van der Waals surface area contributed by atoms with Crippen LogP contribution in [0.15, 0.2) is 53.7 Å². The number of rotatable bonds is 3. The number of halogens is 2. The first-order valence-electron chi connectivity index (χ1n) is 10.7. The van der Waals surface area contributed by atoms with Crippen LogP contribution in [0.4, 0.5) is 5.69 Å². The van der Waals surface area contributed by atoms with Gasteiger partial charge in [0.05, 0.1) is 10.0 Å². The third kappa shape index (κ3) is 4.06. The maximum Gasteiger partial charge on any atom is 0.232 e. The summed E-state index contributed by atoms with van der Waals surface area (Å²) < 4.78 is 0. The zero-order valence-electron chi connectivity index (χ0n) is 18.3. The number of hydrogen-bond acceptors (Lipinski definition) is 2. The highest BCUT2D eigenvalue weighted by molar-refractivity contribution is 6.42. The minimum atomic E-state index is -0.372. The van der Waals surface area contributed by atoms with E-state index >= 15 is 0 Å². The smallest absolute Gasteiger partial charge is 0.232 e. The molecule has 0 saturated heterocycles. The summed E-state index contributed by atoms with van der Waals surface area (Å²) in [6, 6.07) is 13.5. The second-order valence-corrected chi connectivity index (χ2v) is 10.5. The largest absolute Gasteiger partial charge is 0.294 e. The molecule has 0 fully saturated rings. The summed E-state index contributed by atoms with van der Waals surface area (Å²) in [5.74, 6) is 0.0973. The second kappa shape index (κ2) is 8.11. The molecule has 0 bridgehead atoms. The molecule has 4 rings (SSSR count). The van der Waals surface area contributed by atoms with E-state index in [0.717, 1.165) is 16.9 Å². The molecule has 1 aliphatic carbocycles. The Morgan fingerprint density at radius 3 is 2.32 bits per heavy atom. The van der Waals surface area contributed by atoms with E-state index in [0.29, 0.717) is 34.4 Å². The summed E-state index contributed by atoms with van der Waals surface area (Å²) >= 11 is 12.8. The lowest BCUT2D eigenvalue weighted by molar-refractivity contribution is -0.121. The van der Waals surface area contributed by atoms with Crippen LogP contribution in [0, 0.1) is 5.41 Å². The molecule has 0 spiro atoms. The van der Waals surface area contributed by atoms with Gasteiger partial charge in [0, 0.05) is 35.7 Å². The molecule has 1 aliphatic heterocycles. The van der Waals surface area contributed by atoms with Gasteiger partial charge in [-0.3, -0.25) is 14.5 Å². The Balaban J connectivity index is 1.88. The highest BCUT2D eigenvalue weighted by atomic mass is 35.5. The van der Waals surface area contributed by atoms with Gasteiger partial charge in [0.15, 0.2) is 5.78 Å². The van der Waals surface area contributed by atoms with Crippen LogP contribution in [-0.2, 0) is 9.59 Å². The first kappa shape index (κ1) is 22.1. The summed E-state index contributed by atoms with van der Waals surface area (Å²) in [6.07, 6.45) is 1.30. The molecular formula is C26H27Cl2NO2. The molecule has 162 valence electrons. The van der Waals surface area contributed by atoms with Crippen molar-refractivity contribution in [3.05, 3.63) is 74.9 Å². The van der Waals surface area contributed by atoms with Gasteiger partial charge in [0.25, 0.3) is 0 Å². The number of benzene rings is 2. The van der Waals surface area contributed by atoms with Crippen molar-refractivity contribution in [2.75, 3.05) is 4.90 Å². The van der Waals surface area contributed by atoms with Gasteiger partial charge >= 0.3 is 0 Å². The minimum absolute atomic E-state index is 0.0254. The quantitative estimate of drug-likeness (QED) is 0.487. The number of allylic oxidation sites excluding steroid dienone is 2. The van der Waals surface area contributed by atoms with Crippen LogP contribution in [0.25, 0.3) is 0 Å². The van der Waals surface area contributed by atoms with Crippen LogP contribution < -0.4 is 4.90 Å². The number of carbonyl (C=O) groups excluding carboxylic acids is 2. The van der Waals surface area contributed by atoms with Crippen LogP contribution in [0.5, 0.6) is 0 Å². The minimum Gasteiger partial charge on any atom is -0.294 e. The molecule has 0 aromatic heterocycles. The van der Waals surface area contributed by atoms with E-state index in [1.807, 2.05) is 24.3 Å². The van der Waals surface area contributed by atoms with Gasteiger partial charge in [-0.25, -0.2) is 0 Å². The molecule has 3 nitrogen and oxygen atoms in total. The Morgan fingerprint density at radius 2 is 1.68 bits per heavy atom. The first-order valence-corrected chi connectivity index (χ1v) is 11.5. The molecule has 1 unspecified atom stereocenters. The molecule has 0 N–H and O–H groups in total. The van der Waals surface area contributed by atoms with Gasteiger partial charge < -0.3 is 0 Å². The fourth-order valence-corrected chi connectivity index (χ4v) is 5.22. The number of amides is 1. The van der Waals surface area contributed by atoms with Crippen molar-refractivity contribution in [3.63, 3.8) is 0 Å². The number of hydrogen-bond donors (Lipinski definition) is 0. The zero-order chi connectivity index (χ0) is 22.5. The molecule has 0 saturated carbocycles. The molecular weight excluding hydrogens is 429 g/mol. The topological polar surface area (TPSA) is 37.4 Å². The normalized spacial score (nSPS) is 21.0. The summed E-state index contributed by atoms with van der Waals surface area (Å²) in [7, 11) is 0. The van der Waals surface area contributed by atoms with Crippen molar-refractivity contribution in [1.29, 1.82) is 0 Å². The maximum atomic E-state index is 13.5. The van der Waals surface area contributed by atoms with Gasteiger partial charge in [-0.2, -0.15) is 0 Å². The van der Waals surface area contributed by atoms with E-state index in [1.54, 1.807) is 11.0 Å². The van der Waals surface area contributed by atoms with Crippen LogP contribution in [-0.4, -0.2) is 11.7 Å². The molecule has 1 heterocycles. The van der Waals surface area contributed by atoms with E-state index in [4.69, 9.17) is 23.2 Å². The molecule has 2 aromatic carbocycles. The van der Waals surface area contributed by atoms with Crippen molar-refractivity contribution in [1.82, 2.24) is 0 Å². The maximum absolute atomic E-state index is 13.5. The summed E-state index contributed by atoms with van der Waals surface area (Å²) in [6.45, 7) is 8.44. The lowest BCUT2D eigenvalue weighted by Crippen LogP contribution is -2.43. The number of Topliss-reactive ketones (excluding diaryl/α,β-unsaturated/α-hetero) is 1. The Kier molecular flexibility index (Phi) is 5.78. The van der Waals surface area contributed by atoms with E-state index in [2.05, 4.69) is 39.8 Å². The van der Waals surface area contributed by atoms with Gasteiger partial charge in [-0.1, -0.05) is 75.2 Å². The molecule has 5 heteroatoms. The van der Waals surface area contributed by atoms with Crippen molar-refractivity contribution < 1.29 is 9.59 Å². The average Bonchev–Trinajstić information content (AvgIpc) is 2.68. The Morgan fingerprint density at radius 1 is 1.00 bits per heavy atom. The van der Waals surface area contributed by atoms with E-state index in [9.17, 15) is 9.59 Å². The van der Waals surface area contributed by atoms with Gasteiger partial charge in [0.1, 0.15) is 0 Å². The van der Waals surface area contributed by atoms with Gasteiger partial charge in [-0.15, -0.1) is 0 Å². The number of ketones is 1. The average molecular weight is 456 g/mol. The third-order valence-corrected chi connectivity index (χ3v) is 7.15. The Bertz CT molecular complexity index is 1080. The third-order valence-electron chi connectivity index (χ3n) is 6.32. The van der Waals surface area contributed by atoms with E-state index in [1.165, 1.54) is 5.56 Å². The van der Waals surface area contributed by atoms with Crippen LogP contribution >= 0.6 is 23.2 Å². The SMILES string of the molecule is CC(C)c1ccc(N2C(=O)CC(c3cccc(Cl)c3Cl)C3=C2CC(C)(C)CC3=O)cc1. The highest BCUT2D eigenvalue weighted by Crippen LogP contribution is 2.49. The standard InChI is InChI=1S/C26H27Cl2NO2/c1-15(2)16-8-10-17(11-9-16)29-21-13-26(3,4)14-22(30)24(21)19(12-23(29)31)18-6-5-7-20(27)25(18)28/h5-11,15,19H,12-14H2,1-4H3. The predicted octanol–water partition coefficient (Wildman–Crippen LogP) is 7.28. The first-order chi connectivity index (χ1) is 14.6. The highest BCUT2D eigenvalue weighted by Gasteiger charge is 2.44. The monoisotopic (exact) mass is 455 g/mol. The van der Waals surface area contributed by atoms with Crippen molar-refractivity contribution >= 4 is 40.6 Å². The molecule has 2 aromatic rings. The summed E-state index contributed by atoms with van der Waals surface area (Å²) in [4.78, 5) is 28.6. The van der Waals surface area contributed by atoms with Crippen molar-refractivity contribution in [2.24, 2.45) is 5.41 Å². The van der Waals surface area contributed by atoms with Crippen molar-refractivity contribution in [2.45, 2.75) is 58.8 Å². The van der Waals surface area contributed by atoms with Gasteiger partial charge in [-0.05, 0) is 47.1 Å². The van der Waals surface area contributed by atoms with E-state index < -0.39 is 0 Å². The Hall–Kier alpha value is -2.10. The van der Waals surface area contributed by atoms with Gasteiger partial charge in [0.2, 0.25) is 5.91 Å². The zero-order valence-corrected chi connectivity index (χ0v) is 19.8. The predicted molar refractivity (Wildman–Crippen MR) is 127 cm³/mol. The molecule has 31 heavy (non-hydrogen) atoms. The number of anilines is 1. The van der Waals surface area contributed by atoms with Crippen LogP contribution in [0.1, 0.15) is 69.9 Å². The second-order valence-electron chi connectivity index (χ2n) is 9.68. The number of nitrogens with zero attached hydrogens (tertiary/aromatic N) is 1. The lowest BCUT2D eigenvalue weighted by atomic mass is 9.69. The fraction of sp³-hybridized carbons (Fsp3) is 0.385. The molecule has 2 aliphatic rings. The van der Waals surface area contributed by atoms with Crippen LogP contribution in [0.3, 0.4) is 0 Å². The van der Waals surface area contributed by atoms with Crippen LogP contribution in [0.2, 0.25) is 10.0 Å². The Labute approximate surface area is 194 Å². The molecule has 1 amide bonds. The number of carbonyl (C=O) groups is 2. The van der Waals surface area contributed by atoms with E-state index in [-0.39, 0.29) is 29.4 Å². The summed E-state index contributed by atoms with van der Waals surface area (Å²) in [5.41, 5.74) is 4.06. The molecule has 1 atom stereocenters. The fourth-order valence-electron chi connectivity index (χ4n) is 4.78. The van der Waals surface area contributed by atoms with Crippen molar-refractivity contribution in [3.8, 4) is 0 Å². The summed E-state index contributed by atoms with van der Waals surface area (Å²) in [5, 5.41) is 0.852.